The Kier molecular flexibility index (Phi) is 4.99. The van der Waals surface area contributed by atoms with E-state index in [1.165, 1.54) is 12.1 Å². The predicted molar refractivity (Wildman–Crippen MR) is 79.2 cm³/mol. The van der Waals surface area contributed by atoms with E-state index in [1.807, 2.05) is 17.9 Å². The van der Waals surface area contributed by atoms with E-state index in [-0.39, 0.29) is 0 Å². The first-order chi connectivity index (χ1) is 9.06. The number of hydrogen-bond acceptors (Lipinski definition) is 3. The quantitative estimate of drug-likeness (QED) is 0.878. The van der Waals surface area contributed by atoms with Crippen LogP contribution in [0.2, 0.25) is 0 Å². The van der Waals surface area contributed by atoms with Crippen LogP contribution >= 0.6 is 0 Å². The highest BCUT2D eigenvalue weighted by Gasteiger charge is 2.26. The normalized spacial score (nSPS) is 25.1. The van der Waals surface area contributed by atoms with E-state index in [0.29, 0.717) is 12.1 Å². The summed E-state index contributed by atoms with van der Waals surface area (Å²) in [6.07, 6.45) is 4.27. The number of hydrogen-bond donors (Lipinski definition) is 1. The average molecular weight is 264 g/mol. The Morgan fingerprint density at radius 2 is 2.26 bits per heavy atom. The fraction of sp³-hybridized carbons (Fsp3) is 0.800. The minimum atomic E-state index is 0.606. The third-order valence-electron chi connectivity index (χ3n) is 4.05. The second-order valence-electron chi connectivity index (χ2n) is 6.28. The molecule has 108 valence electrons. The number of aryl methyl sites for hydroxylation is 1. The molecule has 0 amide bonds. The summed E-state index contributed by atoms with van der Waals surface area (Å²) in [6, 6.07) is 3.42. The second-order valence-corrected chi connectivity index (χ2v) is 6.28. The lowest BCUT2D eigenvalue weighted by Crippen LogP contribution is -2.56. The summed E-state index contributed by atoms with van der Waals surface area (Å²) < 4.78 is 1.99. The van der Waals surface area contributed by atoms with Gasteiger partial charge in [0.25, 0.3) is 0 Å². The molecule has 0 bridgehead atoms. The van der Waals surface area contributed by atoms with Gasteiger partial charge in [0.2, 0.25) is 0 Å². The summed E-state index contributed by atoms with van der Waals surface area (Å²) in [7, 11) is 2.03. The first kappa shape index (κ1) is 14.5. The molecule has 2 heterocycles. The number of piperazine rings is 1. The fourth-order valence-corrected chi connectivity index (χ4v) is 2.99. The van der Waals surface area contributed by atoms with Crippen LogP contribution < -0.4 is 5.32 Å². The van der Waals surface area contributed by atoms with Crippen molar-refractivity contribution in [3.8, 4) is 0 Å². The maximum atomic E-state index is 4.25. The molecule has 0 aromatic carbocycles. The number of nitrogens with zero attached hydrogens (tertiary/aromatic N) is 3. The molecule has 1 aromatic heterocycles. The standard InChI is InChI=1S/C15H28N4/c1-12(2)9-15-10-16-13(3)11-19(15)8-6-14-5-7-17-18(14)4/h5,7,12-13,15-16H,6,8-11H2,1-4H3. The number of rotatable bonds is 5. The van der Waals surface area contributed by atoms with Crippen molar-refractivity contribution in [2.45, 2.75) is 45.7 Å². The van der Waals surface area contributed by atoms with E-state index in [9.17, 15) is 0 Å². The van der Waals surface area contributed by atoms with Crippen molar-refractivity contribution in [1.82, 2.24) is 20.0 Å². The van der Waals surface area contributed by atoms with Crippen LogP contribution in [-0.4, -0.2) is 46.4 Å². The summed E-state index contributed by atoms with van der Waals surface area (Å²) in [6.45, 7) is 10.3. The molecule has 4 heteroatoms. The molecule has 0 spiro atoms. The van der Waals surface area contributed by atoms with Crippen molar-refractivity contribution < 1.29 is 0 Å². The Morgan fingerprint density at radius 3 is 2.89 bits per heavy atom. The molecule has 1 aromatic rings. The van der Waals surface area contributed by atoms with Crippen LogP contribution in [0, 0.1) is 5.92 Å². The second kappa shape index (κ2) is 6.53. The van der Waals surface area contributed by atoms with Crippen LogP contribution in [0.15, 0.2) is 12.3 Å². The Balaban J connectivity index is 1.92. The summed E-state index contributed by atoms with van der Waals surface area (Å²) in [5.74, 6) is 0.763. The van der Waals surface area contributed by atoms with Crippen LogP contribution in [0.1, 0.15) is 32.9 Å². The van der Waals surface area contributed by atoms with Crippen LogP contribution in [0.5, 0.6) is 0 Å². The zero-order valence-corrected chi connectivity index (χ0v) is 12.8. The van der Waals surface area contributed by atoms with Crippen molar-refractivity contribution >= 4 is 0 Å². The van der Waals surface area contributed by atoms with Crippen molar-refractivity contribution in [1.29, 1.82) is 0 Å². The van der Waals surface area contributed by atoms with Crippen molar-refractivity contribution in [3.05, 3.63) is 18.0 Å². The first-order valence-electron chi connectivity index (χ1n) is 7.50. The first-order valence-corrected chi connectivity index (χ1v) is 7.50. The van der Waals surface area contributed by atoms with Gasteiger partial charge in [-0.15, -0.1) is 0 Å². The highest BCUT2D eigenvalue weighted by molar-refractivity contribution is 5.01. The van der Waals surface area contributed by atoms with Crippen LogP contribution in [0.25, 0.3) is 0 Å². The van der Waals surface area contributed by atoms with E-state index in [4.69, 9.17) is 0 Å². The SMILES string of the molecule is CC(C)CC1CNC(C)CN1CCc1ccnn1C. The molecule has 1 N–H and O–H groups in total. The monoisotopic (exact) mass is 264 g/mol. The molecule has 2 atom stereocenters. The lowest BCUT2D eigenvalue weighted by atomic mass is 9.99. The van der Waals surface area contributed by atoms with Gasteiger partial charge in [0.1, 0.15) is 0 Å². The van der Waals surface area contributed by atoms with Gasteiger partial charge in [-0.3, -0.25) is 9.58 Å². The van der Waals surface area contributed by atoms with Gasteiger partial charge in [0.05, 0.1) is 0 Å². The van der Waals surface area contributed by atoms with Crippen LogP contribution in [-0.2, 0) is 13.5 Å². The van der Waals surface area contributed by atoms with Gasteiger partial charge in [-0.05, 0) is 25.3 Å². The summed E-state index contributed by atoms with van der Waals surface area (Å²) in [4.78, 5) is 2.66. The van der Waals surface area contributed by atoms with Gasteiger partial charge in [-0.1, -0.05) is 13.8 Å². The molecule has 4 nitrogen and oxygen atoms in total. The van der Waals surface area contributed by atoms with Gasteiger partial charge >= 0.3 is 0 Å². The zero-order valence-electron chi connectivity index (χ0n) is 12.8. The Labute approximate surface area is 117 Å². The van der Waals surface area contributed by atoms with E-state index in [1.54, 1.807) is 0 Å². The number of aromatic nitrogens is 2. The molecular formula is C15H28N4. The van der Waals surface area contributed by atoms with Gasteiger partial charge in [-0.2, -0.15) is 5.10 Å². The van der Waals surface area contributed by atoms with E-state index in [0.717, 1.165) is 32.0 Å². The van der Waals surface area contributed by atoms with Gasteiger partial charge in [-0.25, -0.2) is 0 Å². The molecule has 0 radical (unpaired) electrons. The van der Waals surface area contributed by atoms with Crippen molar-refractivity contribution in [2.75, 3.05) is 19.6 Å². The van der Waals surface area contributed by atoms with Crippen molar-refractivity contribution in [3.63, 3.8) is 0 Å². The molecule has 1 fully saturated rings. The zero-order chi connectivity index (χ0) is 13.8. The summed E-state index contributed by atoms with van der Waals surface area (Å²) in [5.41, 5.74) is 1.33. The van der Waals surface area contributed by atoms with E-state index in [2.05, 4.69) is 42.2 Å². The van der Waals surface area contributed by atoms with Gasteiger partial charge < -0.3 is 5.32 Å². The molecule has 1 aliphatic rings. The van der Waals surface area contributed by atoms with Gasteiger partial charge in [0, 0.05) is 57.1 Å². The molecule has 2 unspecified atom stereocenters. The smallest absolute Gasteiger partial charge is 0.0492 e. The summed E-state index contributed by atoms with van der Waals surface area (Å²) >= 11 is 0. The molecule has 0 saturated carbocycles. The van der Waals surface area contributed by atoms with E-state index < -0.39 is 0 Å². The Morgan fingerprint density at radius 1 is 1.47 bits per heavy atom. The topological polar surface area (TPSA) is 33.1 Å². The number of nitrogens with one attached hydrogen (secondary N) is 1. The van der Waals surface area contributed by atoms with Crippen molar-refractivity contribution in [2.24, 2.45) is 13.0 Å². The largest absolute Gasteiger partial charge is 0.311 e. The molecule has 2 rings (SSSR count). The molecule has 0 aliphatic carbocycles. The van der Waals surface area contributed by atoms with Gasteiger partial charge in [0.15, 0.2) is 0 Å². The third kappa shape index (κ3) is 4.05. The van der Waals surface area contributed by atoms with Crippen LogP contribution in [0.4, 0.5) is 0 Å². The molecule has 1 aliphatic heterocycles. The van der Waals surface area contributed by atoms with E-state index >= 15 is 0 Å². The highest BCUT2D eigenvalue weighted by Crippen LogP contribution is 2.16. The lowest BCUT2D eigenvalue weighted by Gasteiger charge is -2.40. The summed E-state index contributed by atoms with van der Waals surface area (Å²) in [5, 5.41) is 7.86. The Bertz CT molecular complexity index is 385. The minimum Gasteiger partial charge on any atom is -0.311 e. The molecule has 19 heavy (non-hydrogen) atoms. The highest BCUT2D eigenvalue weighted by atomic mass is 15.3. The maximum absolute atomic E-state index is 4.25. The average Bonchev–Trinajstić information content (AvgIpc) is 2.75. The third-order valence-corrected chi connectivity index (χ3v) is 4.05. The minimum absolute atomic E-state index is 0.606. The Hall–Kier alpha value is -0.870. The molecule has 1 saturated heterocycles. The predicted octanol–water partition coefficient (Wildman–Crippen LogP) is 1.67. The maximum Gasteiger partial charge on any atom is 0.0492 e. The van der Waals surface area contributed by atoms with Crippen LogP contribution in [0.3, 0.4) is 0 Å². The lowest BCUT2D eigenvalue weighted by molar-refractivity contribution is 0.119. The fourth-order valence-electron chi connectivity index (χ4n) is 2.99. The molecular weight excluding hydrogens is 236 g/mol.